The fourth-order valence-electron chi connectivity index (χ4n) is 2.35. The largest absolute Gasteiger partial charge is 0.494 e. The first-order chi connectivity index (χ1) is 9.78. The minimum absolute atomic E-state index is 0.533. The van der Waals surface area contributed by atoms with Crippen LogP contribution in [-0.4, -0.2) is 17.3 Å². The highest BCUT2D eigenvalue weighted by Gasteiger charge is 2.12. The summed E-state index contributed by atoms with van der Waals surface area (Å²) in [4.78, 5) is 0. The lowest BCUT2D eigenvalue weighted by Crippen LogP contribution is -2.18. The number of rotatable bonds is 9. The fourth-order valence-corrected chi connectivity index (χ4v) is 2.35. The van der Waals surface area contributed by atoms with Crippen molar-refractivity contribution < 1.29 is 9.84 Å². The van der Waals surface area contributed by atoms with Crippen LogP contribution in [0, 0.1) is 5.92 Å². The third-order valence-corrected chi connectivity index (χ3v) is 3.91. The summed E-state index contributed by atoms with van der Waals surface area (Å²) < 4.78 is 5.81. The third kappa shape index (κ3) is 8.11. The highest BCUT2D eigenvalue weighted by atomic mass is 16.5. The zero-order chi connectivity index (χ0) is 15.9. The number of benzene rings is 1. The maximum atomic E-state index is 9.69. The van der Waals surface area contributed by atoms with E-state index in [9.17, 15) is 5.11 Å². The maximum absolute atomic E-state index is 9.69. The van der Waals surface area contributed by atoms with Gasteiger partial charge in [0, 0.05) is 0 Å². The predicted octanol–water partition coefficient (Wildman–Crippen LogP) is 5.16. The van der Waals surface area contributed by atoms with Crippen LogP contribution >= 0.6 is 0 Å². The van der Waals surface area contributed by atoms with E-state index in [1.54, 1.807) is 0 Å². The Balaban J connectivity index is 2.20. The lowest BCUT2D eigenvalue weighted by Gasteiger charge is -2.18. The van der Waals surface area contributed by atoms with Gasteiger partial charge in [-0.1, -0.05) is 45.7 Å². The van der Waals surface area contributed by atoms with Crippen molar-refractivity contribution in [1.29, 1.82) is 0 Å². The Morgan fingerprint density at radius 2 is 1.67 bits per heavy atom. The van der Waals surface area contributed by atoms with Crippen LogP contribution in [0.4, 0.5) is 0 Å². The van der Waals surface area contributed by atoms with Gasteiger partial charge in [-0.05, 0) is 56.2 Å². The van der Waals surface area contributed by atoms with Crippen LogP contribution in [0.3, 0.4) is 0 Å². The molecule has 0 saturated carbocycles. The Bertz CT molecular complexity index is 387. The van der Waals surface area contributed by atoms with Gasteiger partial charge in [0.15, 0.2) is 0 Å². The smallest absolute Gasteiger partial charge is 0.119 e. The van der Waals surface area contributed by atoms with Crippen molar-refractivity contribution in [3.05, 3.63) is 29.8 Å². The predicted molar refractivity (Wildman–Crippen MR) is 90.0 cm³/mol. The molecule has 1 aromatic carbocycles. The highest BCUT2D eigenvalue weighted by Crippen LogP contribution is 2.20. The lowest BCUT2D eigenvalue weighted by atomic mass is 9.95. The summed E-state index contributed by atoms with van der Waals surface area (Å²) >= 11 is 0. The van der Waals surface area contributed by atoms with E-state index in [0.29, 0.717) is 11.8 Å². The second-order valence-corrected chi connectivity index (χ2v) is 7.17. The molecule has 1 unspecified atom stereocenters. The second kappa shape index (κ2) is 8.43. The van der Waals surface area contributed by atoms with Crippen molar-refractivity contribution >= 4 is 0 Å². The van der Waals surface area contributed by atoms with E-state index in [4.69, 9.17) is 4.74 Å². The summed E-state index contributed by atoms with van der Waals surface area (Å²) in [6, 6.07) is 8.42. The Labute approximate surface area is 130 Å². The quantitative estimate of drug-likeness (QED) is 0.681. The van der Waals surface area contributed by atoms with Crippen LogP contribution < -0.4 is 4.74 Å². The molecular weight excluding hydrogens is 260 g/mol. The van der Waals surface area contributed by atoms with Gasteiger partial charge in [-0.15, -0.1) is 0 Å². The number of aliphatic hydroxyl groups is 1. The highest BCUT2D eigenvalue weighted by molar-refractivity contribution is 5.28. The molecular formula is C19H32O2. The molecule has 0 aromatic heterocycles. The molecule has 1 N–H and O–H groups in total. The molecule has 0 fully saturated rings. The summed E-state index contributed by atoms with van der Waals surface area (Å²) in [5.74, 6) is 2.17. The Kier molecular flexibility index (Phi) is 7.24. The average molecular weight is 292 g/mol. The fraction of sp³-hybridized carbons (Fsp3) is 0.684. The minimum atomic E-state index is -0.533. The molecule has 0 bridgehead atoms. The number of hydrogen-bond acceptors (Lipinski definition) is 2. The molecule has 21 heavy (non-hydrogen) atoms. The summed E-state index contributed by atoms with van der Waals surface area (Å²) in [6.07, 6.45) is 4.17. The maximum Gasteiger partial charge on any atom is 0.119 e. The van der Waals surface area contributed by atoms with Gasteiger partial charge in [-0.2, -0.15) is 0 Å². The first kappa shape index (κ1) is 18.0. The van der Waals surface area contributed by atoms with Crippen LogP contribution in [0.25, 0.3) is 0 Å². The molecule has 120 valence electrons. The molecule has 1 rings (SSSR count). The van der Waals surface area contributed by atoms with Crippen LogP contribution in [0.2, 0.25) is 0 Å². The monoisotopic (exact) mass is 292 g/mol. The Hall–Kier alpha value is -1.02. The van der Waals surface area contributed by atoms with Crippen LogP contribution in [-0.2, 0) is 0 Å². The average Bonchev–Trinajstić information content (AvgIpc) is 2.37. The van der Waals surface area contributed by atoms with Crippen molar-refractivity contribution in [3.63, 3.8) is 0 Å². The molecule has 1 aromatic rings. The molecule has 0 spiro atoms. The normalized spacial score (nSPS) is 13.5. The van der Waals surface area contributed by atoms with Gasteiger partial charge in [0.1, 0.15) is 5.75 Å². The summed E-state index contributed by atoms with van der Waals surface area (Å²) in [5.41, 5.74) is 0.816. The van der Waals surface area contributed by atoms with Gasteiger partial charge in [-0.25, -0.2) is 0 Å². The van der Waals surface area contributed by atoms with Gasteiger partial charge in [0.2, 0.25) is 0 Å². The van der Waals surface area contributed by atoms with Crippen molar-refractivity contribution in [2.24, 2.45) is 5.92 Å². The van der Waals surface area contributed by atoms with E-state index in [1.165, 1.54) is 5.56 Å². The van der Waals surface area contributed by atoms with Crippen molar-refractivity contribution in [3.8, 4) is 5.75 Å². The van der Waals surface area contributed by atoms with E-state index >= 15 is 0 Å². The first-order valence-corrected chi connectivity index (χ1v) is 8.23. The van der Waals surface area contributed by atoms with Crippen molar-refractivity contribution in [1.82, 2.24) is 0 Å². The van der Waals surface area contributed by atoms with Crippen LogP contribution in [0.5, 0.6) is 5.75 Å². The molecule has 2 heteroatoms. The van der Waals surface area contributed by atoms with Gasteiger partial charge >= 0.3 is 0 Å². The first-order valence-electron chi connectivity index (χ1n) is 8.23. The topological polar surface area (TPSA) is 29.5 Å². The third-order valence-electron chi connectivity index (χ3n) is 3.91. The van der Waals surface area contributed by atoms with E-state index in [-0.39, 0.29) is 0 Å². The van der Waals surface area contributed by atoms with Crippen LogP contribution in [0.1, 0.15) is 71.8 Å². The SMILES string of the molecule is CC(CCCC(C)(C)O)CCOc1ccc(C(C)C)cc1. The van der Waals surface area contributed by atoms with E-state index in [1.807, 2.05) is 13.8 Å². The van der Waals surface area contributed by atoms with Crippen LogP contribution in [0.15, 0.2) is 24.3 Å². The molecule has 2 nitrogen and oxygen atoms in total. The number of hydrogen-bond donors (Lipinski definition) is 1. The zero-order valence-electron chi connectivity index (χ0n) is 14.4. The summed E-state index contributed by atoms with van der Waals surface area (Å²) in [6.45, 7) is 11.2. The Morgan fingerprint density at radius 1 is 1.05 bits per heavy atom. The molecule has 0 aliphatic heterocycles. The molecule has 0 aliphatic rings. The van der Waals surface area contributed by atoms with Gasteiger partial charge in [0.25, 0.3) is 0 Å². The van der Waals surface area contributed by atoms with Gasteiger partial charge < -0.3 is 9.84 Å². The van der Waals surface area contributed by atoms with E-state index in [2.05, 4.69) is 45.0 Å². The van der Waals surface area contributed by atoms with Crippen molar-refractivity contribution in [2.45, 2.75) is 71.8 Å². The summed E-state index contributed by atoms with van der Waals surface area (Å²) in [7, 11) is 0. The molecule has 0 heterocycles. The molecule has 0 aliphatic carbocycles. The molecule has 0 amide bonds. The lowest BCUT2D eigenvalue weighted by molar-refractivity contribution is 0.0667. The standard InChI is InChI=1S/C19H32O2/c1-15(2)17-8-10-18(11-9-17)21-14-12-16(3)7-6-13-19(4,5)20/h8-11,15-16,20H,6-7,12-14H2,1-5H3. The van der Waals surface area contributed by atoms with Crippen molar-refractivity contribution in [2.75, 3.05) is 6.61 Å². The second-order valence-electron chi connectivity index (χ2n) is 7.17. The molecule has 0 saturated heterocycles. The number of ether oxygens (including phenoxy) is 1. The Morgan fingerprint density at radius 3 is 2.19 bits per heavy atom. The molecule has 1 atom stereocenters. The molecule has 0 radical (unpaired) electrons. The van der Waals surface area contributed by atoms with E-state index in [0.717, 1.165) is 38.0 Å². The van der Waals surface area contributed by atoms with Gasteiger partial charge in [-0.3, -0.25) is 0 Å². The minimum Gasteiger partial charge on any atom is -0.494 e. The van der Waals surface area contributed by atoms with E-state index < -0.39 is 5.60 Å². The summed E-state index contributed by atoms with van der Waals surface area (Å²) in [5, 5.41) is 9.69. The zero-order valence-corrected chi connectivity index (χ0v) is 14.4. The van der Waals surface area contributed by atoms with Gasteiger partial charge in [0.05, 0.1) is 12.2 Å².